The van der Waals surface area contributed by atoms with Crippen molar-refractivity contribution in [2.45, 2.75) is 34.2 Å². The highest BCUT2D eigenvalue weighted by molar-refractivity contribution is 5.64. The summed E-state index contributed by atoms with van der Waals surface area (Å²) < 4.78 is 0. The summed E-state index contributed by atoms with van der Waals surface area (Å²) in [4.78, 5) is 14.0. The third-order valence-corrected chi connectivity index (χ3v) is 6.11. The van der Waals surface area contributed by atoms with Crippen LogP contribution in [0.5, 0.6) is 5.75 Å². The van der Waals surface area contributed by atoms with Crippen molar-refractivity contribution in [3.05, 3.63) is 70.7 Å². The van der Waals surface area contributed by atoms with Crippen LogP contribution in [0.15, 0.2) is 42.6 Å². The van der Waals surface area contributed by atoms with E-state index in [9.17, 15) is 5.11 Å². The molecule has 0 saturated carbocycles. The molecule has 0 unspecified atom stereocenters. The molecule has 1 saturated heterocycles. The van der Waals surface area contributed by atoms with Gasteiger partial charge in [-0.2, -0.15) is 0 Å². The zero-order valence-corrected chi connectivity index (χ0v) is 18.3. The predicted molar refractivity (Wildman–Crippen MR) is 122 cm³/mol. The van der Waals surface area contributed by atoms with Crippen LogP contribution in [-0.4, -0.2) is 46.2 Å². The lowest BCUT2D eigenvalue weighted by Gasteiger charge is -2.37. The van der Waals surface area contributed by atoms with Gasteiger partial charge in [0.05, 0.1) is 17.1 Å². The molecule has 0 spiro atoms. The number of rotatable bonds is 4. The molecule has 1 aliphatic rings. The van der Waals surface area contributed by atoms with Crippen molar-refractivity contribution in [3.63, 3.8) is 0 Å². The van der Waals surface area contributed by atoms with Gasteiger partial charge < -0.3 is 10.0 Å². The van der Waals surface area contributed by atoms with E-state index in [0.29, 0.717) is 5.75 Å². The Bertz CT molecular complexity index is 1060. The molecule has 5 heteroatoms. The summed E-state index contributed by atoms with van der Waals surface area (Å²) >= 11 is 0. The van der Waals surface area contributed by atoms with E-state index in [1.807, 2.05) is 19.9 Å². The van der Waals surface area contributed by atoms with Gasteiger partial charge in [-0.15, -0.1) is 0 Å². The number of phenols is 1. The van der Waals surface area contributed by atoms with Gasteiger partial charge in [0, 0.05) is 55.7 Å². The first-order chi connectivity index (χ1) is 14.4. The van der Waals surface area contributed by atoms with Crippen LogP contribution in [0.1, 0.15) is 28.1 Å². The van der Waals surface area contributed by atoms with E-state index < -0.39 is 0 Å². The lowest BCUT2D eigenvalue weighted by Crippen LogP contribution is -2.46. The summed E-state index contributed by atoms with van der Waals surface area (Å²) in [7, 11) is 0. The average Bonchev–Trinajstić information content (AvgIpc) is 2.74. The van der Waals surface area contributed by atoms with E-state index in [4.69, 9.17) is 0 Å². The van der Waals surface area contributed by atoms with Gasteiger partial charge in [0.2, 0.25) is 0 Å². The molecular weight excluding hydrogens is 372 g/mol. The molecule has 0 atom stereocenters. The van der Waals surface area contributed by atoms with Crippen molar-refractivity contribution in [3.8, 4) is 17.0 Å². The lowest BCUT2D eigenvalue weighted by molar-refractivity contribution is 0.246. The Kier molecular flexibility index (Phi) is 5.73. The number of hydrogen-bond donors (Lipinski definition) is 1. The minimum atomic E-state index is 0.342. The van der Waals surface area contributed by atoms with E-state index in [-0.39, 0.29) is 0 Å². The number of nitrogens with zero attached hydrogens (tertiary/aromatic N) is 4. The summed E-state index contributed by atoms with van der Waals surface area (Å²) in [6, 6.07) is 12.3. The van der Waals surface area contributed by atoms with E-state index in [0.717, 1.165) is 60.9 Å². The molecule has 4 rings (SSSR count). The first-order valence-corrected chi connectivity index (χ1v) is 10.6. The molecule has 1 N–H and O–H groups in total. The lowest BCUT2D eigenvalue weighted by atomic mass is 10.0. The standard InChI is InChI=1S/C25H30N4O/c1-17-6-5-7-23(19(17)3)29-12-10-28(11-13-29)16-22-14-21(8-9-24(22)30)25-20(4)26-15-18(2)27-25/h5-9,14-15,30H,10-13,16H2,1-4H3. The van der Waals surface area contributed by atoms with E-state index in [1.165, 1.54) is 16.8 Å². The van der Waals surface area contributed by atoms with Crippen LogP contribution in [0.4, 0.5) is 5.69 Å². The fourth-order valence-electron chi connectivity index (χ4n) is 4.14. The maximum absolute atomic E-state index is 10.5. The largest absolute Gasteiger partial charge is 0.508 e. The predicted octanol–water partition coefficient (Wildman–Crippen LogP) is 4.41. The van der Waals surface area contributed by atoms with Crippen LogP contribution in [0, 0.1) is 27.7 Å². The molecule has 5 nitrogen and oxygen atoms in total. The Morgan fingerprint density at radius 3 is 2.50 bits per heavy atom. The first-order valence-electron chi connectivity index (χ1n) is 10.6. The number of benzene rings is 2. The Labute approximate surface area is 179 Å². The molecule has 0 bridgehead atoms. The van der Waals surface area contributed by atoms with Gasteiger partial charge in [0.1, 0.15) is 5.75 Å². The molecule has 0 amide bonds. The van der Waals surface area contributed by atoms with Crippen LogP contribution < -0.4 is 4.90 Å². The van der Waals surface area contributed by atoms with Gasteiger partial charge in [0.15, 0.2) is 0 Å². The van der Waals surface area contributed by atoms with Crippen LogP contribution in [0.25, 0.3) is 11.3 Å². The maximum Gasteiger partial charge on any atom is 0.120 e. The van der Waals surface area contributed by atoms with Crippen LogP contribution in [-0.2, 0) is 6.54 Å². The fraction of sp³-hybridized carbons (Fsp3) is 0.360. The highest BCUT2D eigenvalue weighted by Crippen LogP contribution is 2.29. The van der Waals surface area contributed by atoms with E-state index in [2.05, 4.69) is 57.9 Å². The van der Waals surface area contributed by atoms with Gasteiger partial charge in [-0.1, -0.05) is 12.1 Å². The highest BCUT2D eigenvalue weighted by Gasteiger charge is 2.20. The summed E-state index contributed by atoms with van der Waals surface area (Å²) in [5.74, 6) is 0.342. The second kappa shape index (κ2) is 8.44. The van der Waals surface area contributed by atoms with Crippen molar-refractivity contribution in [1.82, 2.24) is 14.9 Å². The van der Waals surface area contributed by atoms with Gasteiger partial charge in [-0.25, -0.2) is 4.98 Å². The molecule has 30 heavy (non-hydrogen) atoms. The zero-order valence-electron chi connectivity index (χ0n) is 18.3. The van der Waals surface area contributed by atoms with E-state index in [1.54, 1.807) is 12.3 Å². The molecular formula is C25H30N4O. The smallest absolute Gasteiger partial charge is 0.120 e. The first kappa shape index (κ1) is 20.4. The summed E-state index contributed by atoms with van der Waals surface area (Å²) in [6.45, 7) is 13.0. The quantitative estimate of drug-likeness (QED) is 0.701. The molecule has 1 aliphatic heterocycles. The number of anilines is 1. The number of aromatic hydroxyl groups is 1. The second-order valence-electron chi connectivity index (χ2n) is 8.27. The number of piperazine rings is 1. The third-order valence-electron chi connectivity index (χ3n) is 6.11. The van der Waals surface area contributed by atoms with Crippen molar-refractivity contribution in [2.24, 2.45) is 0 Å². The van der Waals surface area contributed by atoms with Gasteiger partial charge in [-0.05, 0) is 63.1 Å². The molecule has 156 valence electrons. The zero-order chi connectivity index (χ0) is 21.3. The molecule has 0 aliphatic carbocycles. The summed E-state index contributed by atoms with van der Waals surface area (Å²) in [6.07, 6.45) is 1.79. The summed E-state index contributed by atoms with van der Waals surface area (Å²) in [5.41, 5.74) is 8.68. The molecule has 3 aromatic rings. The Hall–Kier alpha value is -2.92. The summed E-state index contributed by atoms with van der Waals surface area (Å²) in [5, 5.41) is 10.5. The number of phenolic OH excluding ortho intramolecular Hbond substituents is 1. The molecule has 2 heterocycles. The molecule has 2 aromatic carbocycles. The number of hydrogen-bond acceptors (Lipinski definition) is 5. The Morgan fingerprint density at radius 1 is 0.967 bits per heavy atom. The minimum Gasteiger partial charge on any atom is -0.508 e. The van der Waals surface area contributed by atoms with Gasteiger partial charge in [0.25, 0.3) is 0 Å². The second-order valence-corrected chi connectivity index (χ2v) is 8.27. The Balaban J connectivity index is 1.48. The fourth-order valence-corrected chi connectivity index (χ4v) is 4.14. The third kappa shape index (κ3) is 4.17. The molecule has 1 aromatic heterocycles. The van der Waals surface area contributed by atoms with Crippen molar-refractivity contribution >= 4 is 5.69 Å². The van der Waals surface area contributed by atoms with E-state index >= 15 is 0 Å². The van der Waals surface area contributed by atoms with Crippen LogP contribution >= 0.6 is 0 Å². The van der Waals surface area contributed by atoms with Crippen molar-refractivity contribution in [1.29, 1.82) is 0 Å². The minimum absolute atomic E-state index is 0.342. The average molecular weight is 403 g/mol. The number of aryl methyl sites for hydroxylation is 3. The van der Waals surface area contributed by atoms with Crippen LogP contribution in [0.3, 0.4) is 0 Å². The van der Waals surface area contributed by atoms with Gasteiger partial charge >= 0.3 is 0 Å². The molecule has 0 radical (unpaired) electrons. The number of aromatic nitrogens is 2. The topological polar surface area (TPSA) is 52.5 Å². The Morgan fingerprint density at radius 2 is 1.73 bits per heavy atom. The maximum atomic E-state index is 10.5. The van der Waals surface area contributed by atoms with Crippen molar-refractivity contribution in [2.75, 3.05) is 31.1 Å². The normalized spacial score (nSPS) is 14.9. The van der Waals surface area contributed by atoms with Gasteiger partial charge in [-0.3, -0.25) is 9.88 Å². The molecule has 1 fully saturated rings. The van der Waals surface area contributed by atoms with Crippen molar-refractivity contribution < 1.29 is 5.11 Å². The van der Waals surface area contributed by atoms with Crippen LogP contribution in [0.2, 0.25) is 0 Å². The monoisotopic (exact) mass is 402 g/mol. The highest BCUT2D eigenvalue weighted by atomic mass is 16.3. The SMILES string of the molecule is Cc1cnc(C)c(-c2ccc(O)c(CN3CCN(c4cccc(C)c4C)CC3)c2)n1.